The number of sulfonamides is 1. The number of thioether (sulfide) groups is 1. The Labute approximate surface area is 222 Å². The van der Waals surface area contributed by atoms with Crippen LogP contribution in [0.5, 0.6) is 11.5 Å². The first-order valence-electron chi connectivity index (χ1n) is 12.0. The molecule has 2 N–H and O–H groups in total. The lowest BCUT2D eigenvalue weighted by Crippen LogP contribution is -2.49. The molecule has 1 aromatic carbocycles. The number of allylic oxidation sites excluding steroid dienone is 2. The summed E-state index contributed by atoms with van der Waals surface area (Å²) >= 11 is 8.23. The second-order valence-corrected chi connectivity index (χ2v) is 13.1. The molecule has 0 aromatic heterocycles. The van der Waals surface area contributed by atoms with Gasteiger partial charge in [-0.05, 0) is 57.6 Å². The summed E-state index contributed by atoms with van der Waals surface area (Å²) in [5.41, 5.74) is 3.33. The minimum Gasteiger partial charge on any atom is -0.448 e. The molecule has 8 nitrogen and oxygen atoms in total. The highest BCUT2D eigenvalue weighted by Crippen LogP contribution is 2.51. The van der Waals surface area contributed by atoms with Crippen LogP contribution in [0.4, 0.5) is 0 Å². The Morgan fingerprint density at radius 2 is 1.92 bits per heavy atom. The van der Waals surface area contributed by atoms with Crippen LogP contribution in [-0.2, 0) is 10.0 Å². The normalized spacial score (nSPS) is 25.0. The molecule has 1 aromatic rings. The van der Waals surface area contributed by atoms with Gasteiger partial charge in [0, 0.05) is 60.2 Å². The molecule has 36 heavy (non-hydrogen) atoms. The largest absolute Gasteiger partial charge is 0.448 e. The van der Waals surface area contributed by atoms with Gasteiger partial charge in [-0.25, -0.2) is 12.7 Å². The van der Waals surface area contributed by atoms with Crippen molar-refractivity contribution in [1.29, 1.82) is 0 Å². The first-order valence-corrected chi connectivity index (χ1v) is 15.5. The highest BCUT2D eigenvalue weighted by Gasteiger charge is 2.47. The second-order valence-electron chi connectivity index (χ2n) is 9.82. The molecular weight excluding hydrogens is 522 g/mol. The van der Waals surface area contributed by atoms with Gasteiger partial charge >= 0.3 is 0 Å². The number of halogens is 1. The van der Waals surface area contributed by atoms with E-state index in [1.54, 1.807) is 17.8 Å². The van der Waals surface area contributed by atoms with Crippen LogP contribution in [0.15, 0.2) is 28.3 Å². The lowest BCUT2D eigenvalue weighted by molar-refractivity contribution is -0.121. The number of rotatable bonds is 6. The Morgan fingerprint density at radius 1 is 1.28 bits per heavy atom. The van der Waals surface area contributed by atoms with E-state index >= 15 is 0 Å². The van der Waals surface area contributed by atoms with Crippen molar-refractivity contribution in [2.45, 2.75) is 52.4 Å². The molecule has 0 radical (unpaired) electrons. The van der Waals surface area contributed by atoms with Crippen molar-refractivity contribution >= 4 is 39.3 Å². The fraction of sp³-hybridized carbons (Fsp3) is 0.560. The third-order valence-corrected chi connectivity index (χ3v) is 9.65. The highest BCUT2D eigenvalue weighted by atomic mass is 35.5. The summed E-state index contributed by atoms with van der Waals surface area (Å²) in [6.07, 6.45) is 6.56. The van der Waals surface area contributed by atoms with Crippen molar-refractivity contribution in [2.24, 2.45) is 5.92 Å². The van der Waals surface area contributed by atoms with Crippen molar-refractivity contribution in [3.63, 3.8) is 0 Å². The molecule has 1 saturated heterocycles. The van der Waals surface area contributed by atoms with Gasteiger partial charge in [0.1, 0.15) is 0 Å². The zero-order chi connectivity index (χ0) is 26.4. The number of amides is 1. The third kappa shape index (κ3) is 5.23. The van der Waals surface area contributed by atoms with Gasteiger partial charge in [0.05, 0.1) is 11.3 Å². The Morgan fingerprint density at radius 3 is 2.53 bits per heavy atom. The van der Waals surface area contributed by atoms with Crippen LogP contribution in [0.2, 0.25) is 5.02 Å². The number of fused-ring (bicyclic) bond motifs is 1. The number of ether oxygens (including phenoxy) is 2. The van der Waals surface area contributed by atoms with E-state index < -0.39 is 15.8 Å². The van der Waals surface area contributed by atoms with Crippen LogP contribution in [0, 0.1) is 12.8 Å². The van der Waals surface area contributed by atoms with E-state index in [2.05, 4.69) is 23.6 Å². The zero-order valence-corrected chi connectivity index (χ0v) is 23.9. The number of carbonyl (C=O) groups is 1. The highest BCUT2D eigenvalue weighted by molar-refractivity contribution is 8.02. The molecule has 1 fully saturated rings. The maximum Gasteiger partial charge on any atom is 0.252 e. The van der Waals surface area contributed by atoms with Crippen LogP contribution in [-0.4, -0.2) is 62.6 Å². The molecule has 0 saturated carbocycles. The van der Waals surface area contributed by atoms with Crippen molar-refractivity contribution in [3.8, 4) is 11.5 Å². The first kappa shape index (κ1) is 27.2. The average Bonchev–Trinajstić information content (AvgIpc) is 3.19. The van der Waals surface area contributed by atoms with Gasteiger partial charge in [-0.15, -0.1) is 11.8 Å². The van der Waals surface area contributed by atoms with Gasteiger partial charge < -0.3 is 20.1 Å². The van der Waals surface area contributed by atoms with E-state index in [1.807, 2.05) is 27.0 Å². The van der Waals surface area contributed by atoms with Gasteiger partial charge in [-0.2, -0.15) is 0 Å². The molecule has 3 heterocycles. The Bertz CT molecular complexity index is 1240. The molecule has 11 heteroatoms. The van der Waals surface area contributed by atoms with Gasteiger partial charge in [0.15, 0.2) is 11.5 Å². The van der Waals surface area contributed by atoms with Crippen LogP contribution in [0.25, 0.3) is 0 Å². The summed E-state index contributed by atoms with van der Waals surface area (Å²) in [5.74, 6) is -0.347. The summed E-state index contributed by atoms with van der Waals surface area (Å²) in [7, 11) is -3.23. The second kappa shape index (κ2) is 10.1. The zero-order valence-electron chi connectivity index (χ0n) is 21.5. The Hall–Kier alpha value is -1.88. The number of dihydropyridines is 1. The van der Waals surface area contributed by atoms with Crippen molar-refractivity contribution < 1.29 is 22.7 Å². The standard InChI is InChI=1S/C25H34ClN3O5S2/c1-14-11-21(35-5)19(16(3)28-14)13-27-24(30)18-12-20(26)23-22(15(18)2)33-25(4,34-23)17-7-9-29(10-8-17)36(6,31)32/h11-12,16-17,28H,7-10,13H2,1-6H3,(H,27,30). The molecule has 2 atom stereocenters. The molecule has 198 valence electrons. The number of nitrogens with zero attached hydrogens (tertiary/aromatic N) is 1. The van der Waals surface area contributed by atoms with Crippen molar-refractivity contribution in [1.82, 2.24) is 14.9 Å². The van der Waals surface area contributed by atoms with Crippen LogP contribution < -0.4 is 20.1 Å². The Kier molecular flexibility index (Phi) is 7.63. The van der Waals surface area contributed by atoms with Crippen molar-refractivity contribution in [3.05, 3.63) is 44.5 Å². The van der Waals surface area contributed by atoms with E-state index in [-0.39, 0.29) is 17.9 Å². The van der Waals surface area contributed by atoms with Crippen LogP contribution in [0.1, 0.15) is 49.5 Å². The quantitative estimate of drug-likeness (QED) is 0.546. The monoisotopic (exact) mass is 555 g/mol. The lowest BCUT2D eigenvalue weighted by Gasteiger charge is -2.37. The first-order chi connectivity index (χ1) is 16.8. The van der Waals surface area contributed by atoms with Gasteiger partial charge in [0.25, 0.3) is 11.7 Å². The fourth-order valence-electron chi connectivity index (χ4n) is 5.13. The molecule has 1 amide bonds. The number of hydrogen-bond acceptors (Lipinski definition) is 7. The Balaban J connectivity index is 1.51. The summed E-state index contributed by atoms with van der Waals surface area (Å²) < 4.78 is 37.8. The minimum atomic E-state index is -3.23. The maximum atomic E-state index is 13.2. The molecule has 4 rings (SSSR count). The SMILES string of the molecule is CSC1=C(CNC(=O)c2cc(Cl)c3c(c2C)OC(C)(C2CCN(S(C)(=O)=O)CC2)O3)C(C)NC(C)=C1. The minimum absolute atomic E-state index is 0.0238. The van der Waals surface area contributed by atoms with E-state index in [0.29, 0.717) is 60.1 Å². The van der Waals surface area contributed by atoms with E-state index in [1.165, 1.54) is 10.6 Å². The van der Waals surface area contributed by atoms with Crippen molar-refractivity contribution in [2.75, 3.05) is 32.1 Å². The molecular formula is C25H34ClN3O5S2. The van der Waals surface area contributed by atoms with Crippen LogP contribution >= 0.6 is 23.4 Å². The molecule has 2 unspecified atom stereocenters. The third-order valence-electron chi connectivity index (χ3n) is 7.25. The molecule has 0 bridgehead atoms. The average molecular weight is 556 g/mol. The lowest BCUT2D eigenvalue weighted by atomic mass is 9.90. The summed E-state index contributed by atoms with van der Waals surface area (Å²) in [6.45, 7) is 9.04. The van der Waals surface area contributed by atoms with Gasteiger partial charge in [0.2, 0.25) is 10.0 Å². The molecule has 3 aliphatic heterocycles. The van der Waals surface area contributed by atoms with E-state index in [4.69, 9.17) is 21.1 Å². The maximum absolute atomic E-state index is 13.2. The predicted octanol–water partition coefficient (Wildman–Crippen LogP) is 4.05. The predicted molar refractivity (Wildman–Crippen MR) is 144 cm³/mol. The van der Waals surface area contributed by atoms with Gasteiger partial charge in [-0.1, -0.05) is 11.6 Å². The smallest absolute Gasteiger partial charge is 0.252 e. The number of hydrogen-bond donors (Lipinski definition) is 2. The molecule has 3 aliphatic rings. The number of benzene rings is 1. The molecule has 0 aliphatic carbocycles. The van der Waals surface area contributed by atoms with E-state index in [0.717, 1.165) is 16.2 Å². The topological polar surface area (TPSA) is 97.0 Å². The number of piperidine rings is 1. The number of carbonyl (C=O) groups excluding carboxylic acids is 1. The summed E-state index contributed by atoms with van der Waals surface area (Å²) in [5, 5.41) is 6.76. The molecule has 0 spiro atoms. The van der Waals surface area contributed by atoms with Gasteiger partial charge in [-0.3, -0.25) is 4.79 Å². The summed E-state index contributed by atoms with van der Waals surface area (Å²) in [6, 6.07) is 1.75. The number of nitrogens with one attached hydrogen (secondary N) is 2. The van der Waals surface area contributed by atoms with E-state index in [9.17, 15) is 13.2 Å². The fourth-order valence-corrected chi connectivity index (χ4v) is 7.05. The van der Waals surface area contributed by atoms with Crippen LogP contribution in [0.3, 0.4) is 0 Å². The summed E-state index contributed by atoms with van der Waals surface area (Å²) in [4.78, 5) is 14.4.